The van der Waals surface area contributed by atoms with Crippen LogP contribution in [0.4, 0.5) is 0 Å². The van der Waals surface area contributed by atoms with E-state index in [0.29, 0.717) is 6.42 Å². The van der Waals surface area contributed by atoms with E-state index in [0.717, 1.165) is 82.9 Å². The average Bonchev–Trinajstić information content (AvgIpc) is 3.41. The first-order valence-corrected chi connectivity index (χ1v) is 12.3. The van der Waals surface area contributed by atoms with Crippen molar-refractivity contribution in [2.45, 2.75) is 45.1 Å². The summed E-state index contributed by atoms with van der Waals surface area (Å²) < 4.78 is 0. The molecule has 3 saturated heterocycles. The number of carbonyl (C=O) groups excluding carboxylic acids is 2. The van der Waals surface area contributed by atoms with Gasteiger partial charge in [-0.1, -0.05) is 13.0 Å². The van der Waals surface area contributed by atoms with Crippen LogP contribution < -0.4 is 0 Å². The second-order valence-corrected chi connectivity index (χ2v) is 10.7. The minimum absolute atomic E-state index is 0.102. The van der Waals surface area contributed by atoms with Crippen molar-refractivity contribution in [3.63, 3.8) is 0 Å². The Labute approximate surface area is 184 Å². The van der Waals surface area contributed by atoms with Gasteiger partial charge in [0.25, 0.3) is 0 Å². The summed E-state index contributed by atoms with van der Waals surface area (Å²) in [5, 5.41) is 2.00. The predicted octanol–water partition coefficient (Wildman–Crippen LogP) is 2.16. The Balaban J connectivity index is 1.29. The number of piperidine rings is 1. The van der Waals surface area contributed by atoms with E-state index in [1.54, 1.807) is 11.3 Å². The highest BCUT2D eigenvalue weighted by molar-refractivity contribution is 7.10. The quantitative estimate of drug-likeness (QED) is 0.715. The van der Waals surface area contributed by atoms with Crippen LogP contribution in [0.25, 0.3) is 0 Å². The van der Waals surface area contributed by atoms with Crippen LogP contribution in [0.2, 0.25) is 0 Å². The standard InChI is InChI=1S/C23H36N4O2S/c1-23(18-25-14-12-24(2)13-15-25)7-10-26(11-8-23)22(29)20-6-3-9-27(20)21(28)17-19-5-4-16-30-19/h4-5,16,20H,3,6-15,17-18H2,1-2H3/t20-/m0/s1. The molecule has 2 amide bonds. The van der Waals surface area contributed by atoms with E-state index in [1.165, 1.54) is 0 Å². The number of piperazine rings is 1. The number of likely N-dealkylation sites (N-methyl/N-ethyl adjacent to an activating group) is 1. The Kier molecular flexibility index (Phi) is 6.80. The Hall–Kier alpha value is -1.44. The first-order chi connectivity index (χ1) is 14.4. The molecule has 6 nitrogen and oxygen atoms in total. The van der Waals surface area contributed by atoms with E-state index in [9.17, 15) is 9.59 Å². The molecule has 166 valence electrons. The molecule has 30 heavy (non-hydrogen) atoms. The molecule has 0 unspecified atom stereocenters. The maximum Gasteiger partial charge on any atom is 0.245 e. The van der Waals surface area contributed by atoms with Crippen LogP contribution in [-0.4, -0.2) is 96.9 Å². The molecule has 0 spiro atoms. The van der Waals surface area contributed by atoms with Crippen LogP contribution in [0, 0.1) is 5.41 Å². The Morgan fingerprint density at radius 2 is 1.83 bits per heavy atom. The third-order valence-electron chi connectivity index (χ3n) is 7.25. The van der Waals surface area contributed by atoms with Crippen molar-refractivity contribution < 1.29 is 9.59 Å². The number of thiophene rings is 1. The monoisotopic (exact) mass is 432 g/mol. The molecule has 0 N–H and O–H groups in total. The van der Waals surface area contributed by atoms with Gasteiger partial charge in [-0.3, -0.25) is 9.59 Å². The summed E-state index contributed by atoms with van der Waals surface area (Å²) >= 11 is 1.61. The van der Waals surface area contributed by atoms with E-state index < -0.39 is 0 Å². The smallest absolute Gasteiger partial charge is 0.245 e. The van der Waals surface area contributed by atoms with Gasteiger partial charge in [0.05, 0.1) is 6.42 Å². The number of likely N-dealkylation sites (tertiary alicyclic amines) is 2. The van der Waals surface area contributed by atoms with E-state index in [1.807, 2.05) is 27.3 Å². The summed E-state index contributed by atoms with van der Waals surface area (Å²) in [4.78, 5) is 36.0. The molecule has 4 rings (SSSR count). The number of hydrogen-bond acceptors (Lipinski definition) is 5. The second-order valence-electron chi connectivity index (χ2n) is 9.72. The highest BCUT2D eigenvalue weighted by Gasteiger charge is 2.40. The van der Waals surface area contributed by atoms with E-state index in [4.69, 9.17) is 0 Å². The fraction of sp³-hybridized carbons (Fsp3) is 0.739. The van der Waals surface area contributed by atoms with Crippen molar-refractivity contribution in [2.75, 3.05) is 59.4 Å². The number of nitrogens with zero attached hydrogens (tertiary/aromatic N) is 4. The zero-order chi connectivity index (χ0) is 21.1. The molecule has 3 aliphatic rings. The molecule has 4 heterocycles. The summed E-state index contributed by atoms with van der Waals surface area (Å²) in [6, 6.07) is 3.73. The number of carbonyl (C=O) groups is 2. The lowest BCUT2D eigenvalue weighted by atomic mass is 9.79. The summed E-state index contributed by atoms with van der Waals surface area (Å²) in [5.41, 5.74) is 0.289. The van der Waals surface area contributed by atoms with E-state index in [2.05, 4.69) is 23.8 Å². The van der Waals surface area contributed by atoms with Crippen LogP contribution in [0.3, 0.4) is 0 Å². The van der Waals surface area contributed by atoms with Gasteiger partial charge in [-0.05, 0) is 49.6 Å². The predicted molar refractivity (Wildman–Crippen MR) is 121 cm³/mol. The summed E-state index contributed by atoms with van der Waals surface area (Å²) in [6.45, 7) is 10.5. The van der Waals surface area contributed by atoms with Gasteiger partial charge >= 0.3 is 0 Å². The lowest BCUT2D eigenvalue weighted by molar-refractivity contribution is -0.145. The summed E-state index contributed by atoms with van der Waals surface area (Å²) in [5.74, 6) is 0.277. The maximum atomic E-state index is 13.3. The van der Waals surface area contributed by atoms with Crippen molar-refractivity contribution in [3.05, 3.63) is 22.4 Å². The van der Waals surface area contributed by atoms with Gasteiger partial charge in [0.2, 0.25) is 11.8 Å². The summed E-state index contributed by atoms with van der Waals surface area (Å²) in [7, 11) is 2.20. The zero-order valence-electron chi connectivity index (χ0n) is 18.5. The molecule has 1 atom stereocenters. The minimum Gasteiger partial charge on any atom is -0.341 e. The van der Waals surface area contributed by atoms with E-state index in [-0.39, 0.29) is 23.3 Å². The number of amides is 2. The van der Waals surface area contributed by atoms with Crippen molar-refractivity contribution in [1.29, 1.82) is 0 Å². The highest BCUT2D eigenvalue weighted by atomic mass is 32.1. The second kappa shape index (κ2) is 9.37. The lowest BCUT2D eigenvalue weighted by Gasteiger charge is -2.44. The molecule has 0 aliphatic carbocycles. The van der Waals surface area contributed by atoms with E-state index >= 15 is 0 Å². The Bertz CT molecular complexity index is 722. The molecule has 0 saturated carbocycles. The van der Waals surface area contributed by atoms with Gasteiger partial charge in [-0.15, -0.1) is 11.3 Å². The molecule has 0 bridgehead atoms. The number of rotatable bonds is 5. The largest absolute Gasteiger partial charge is 0.341 e. The van der Waals surface area contributed by atoms with Crippen LogP contribution in [0.1, 0.15) is 37.5 Å². The first-order valence-electron chi connectivity index (χ1n) is 11.5. The fourth-order valence-corrected chi connectivity index (χ4v) is 5.86. The van der Waals surface area contributed by atoms with Crippen LogP contribution in [0.5, 0.6) is 0 Å². The molecule has 1 aromatic heterocycles. The van der Waals surface area contributed by atoms with Crippen molar-refractivity contribution >= 4 is 23.2 Å². The third kappa shape index (κ3) is 5.06. The molecule has 7 heteroatoms. The molecular weight excluding hydrogens is 396 g/mol. The maximum absolute atomic E-state index is 13.3. The molecule has 0 aromatic carbocycles. The normalized spacial score (nSPS) is 25.6. The third-order valence-corrected chi connectivity index (χ3v) is 8.12. The topological polar surface area (TPSA) is 47.1 Å². The number of hydrogen-bond donors (Lipinski definition) is 0. The van der Waals surface area contributed by atoms with Gasteiger partial charge in [-0.2, -0.15) is 0 Å². The van der Waals surface area contributed by atoms with Gasteiger partial charge in [0, 0.05) is 57.2 Å². The highest BCUT2D eigenvalue weighted by Crippen LogP contribution is 2.33. The van der Waals surface area contributed by atoms with Gasteiger partial charge in [0.15, 0.2) is 0 Å². The van der Waals surface area contributed by atoms with Crippen LogP contribution >= 0.6 is 11.3 Å². The average molecular weight is 433 g/mol. The molecule has 1 aromatic rings. The zero-order valence-corrected chi connectivity index (χ0v) is 19.3. The Morgan fingerprint density at radius 1 is 1.10 bits per heavy atom. The van der Waals surface area contributed by atoms with Crippen molar-refractivity contribution in [1.82, 2.24) is 19.6 Å². The van der Waals surface area contributed by atoms with Gasteiger partial charge < -0.3 is 19.6 Å². The van der Waals surface area contributed by atoms with Gasteiger partial charge in [-0.25, -0.2) is 0 Å². The minimum atomic E-state index is -0.251. The van der Waals surface area contributed by atoms with Crippen LogP contribution in [-0.2, 0) is 16.0 Å². The SMILES string of the molecule is CN1CCN(CC2(C)CCN(C(=O)[C@@H]3CCCN3C(=O)Cc3cccs3)CC2)CC1. The lowest BCUT2D eigenvalue weighted by Crippen LogP contribution is -2.54. The fourth-order valence-electron chi connectivity index (χ4n) is 5.17. The van der Waals surface area contributed by atoms with Crippen LogP contribution in [0.15, 0.2) is 17.5 Å². The summed E-state index contributed by atoms with van der Waals surface area (Å²) in [6.07, 6.45) is 4.28. The molecule has 3 fully saturated rings. The molecule has 0 radical (unpaired) electrons. The molecule has 3 aliphatic heterocycles. The van der Waals surface area contributed by atoms with Crippen molar-refractivity contribution in [2.24, 2.45) is 5.41 Å². The first kappa shape index (κ1) is 21.8. The van der Waals surface area contributed by atoms with Crippen molar-refractivity contribution in [3.8, 4) is 0 Å². The molecular formula is C23H36N4O2S. The van der Waals surface area contributed by atoms with Gasteiger partial charge in [0.1, 0.15) is 6.04 Å². The Morgan fingerprint density at radius 3 is 2.50 bits per heavy atom.